The predicted molar refractivity (Wildman–Crippen MR) is 150 cm³/mol. The van der Waals surface area contributed by atoms with Crippen LogP contribution in [0, 0.1) is 18.8 Å². The largest absolute Gasteiger partial charge is 0.383 e. The van der Waals surface area contributed by atoms with Gasteiger partial charge in [-0.15, -0.1) is 0 Å². The molecule has 42 heavy (non-hydrogen) atoms. The third kappa shape index (κ3) is 6.90. The Morgan fingerprint density at radius 1 is 1.17 bits per heavy atom. The summed E-state index contributed by atoms with van der Waals surface area (Å²) in [5.74, 6) is -1.24. The van der Waals surface area contributed by atoms with Gasteiger partial charge in [-0.25, -0.2) is 19.6 Å². The Labute approximate surface area is 242 Å². The minimum absolute atomic E-state index is 0.0507. The van der Waals surface area contributed by atoms with E-state index in [4.69, 9.17) is 9.57 Å². The van der Waals surface area contributed by atoms with Gasteiger partial charge in [0.25, 0.3) is 5.91 Å². The molecule has 218 valence electrons. The number of para-hydroxylation sites is 1. The second kappa shape index (κ2) is 13.5. The summed E-state index contributed by atoms with van der Waals surface area (Å²) < 4.78 is 20.8. The molecule has 1 N–H and O–H groups in total. The highest BCUT2D eigenvalue weighted by atomic mass is 19.1. The first-order valence-corrected chi connectivity index (χ1v) is 13.6. The Balaban J connectivity index is 1.37. The van der Waals surface area contributed by atoms with Crippen LogP contribution in [-0.4, -0.2) is 68.3 Å². The number of aromatic nitrogens is 5. The van der Waals surface area contributed by atoms with E-state index in [2.05, 4.69) is 25.4 Å². The standard InChI is InChI=1S/C30H32FN7O4/c1-20-26(14-25(39)12-23-18-37(10-11-41-2)42-29(23)22-8-9-34-27(31)13-22)38(24-6-4-3-5-7-24)36-28(20)30(40)35-17-21-15-32-19-33-16-21/h3-9,13,15-16,19,23,29H,10-12,14,17-18H2,1-2H3,(H,35,40)/t23-,29+/m1/s1. The SMILES string of the molecule is COCCN1C[C@@H](CC(=O)Cc2c(C)c(C(=O)NCc3cncnc3)nn2-c2ccccc2)[C@H](c2ccnc(F)c2)O1. The van der Waals surface area contributed by atoms with Gasteiger partial charge in [0.15, 0.2) is 5.69 Å². The number of hydrogen-bond acceptors (Lipinski definition) is 9. The second-order valence-electron chi connectivity index (χ2n) is 10.1. The maximum atomic E-state index is 14.0. The van der Waals surface area contributed by atoms with Crippen LogP contribution in [0.3, 0.4) is 0 Å². The summed E-state index contributed by atoms with van der Waals surface area (Å²) in [7, 11) is 1.61. The fourth-order valence-electron chi connectivity index (χ4n) is 5.06. The van der Waals surface area contributed by atoms with Gasteiger partial charge in [0.05, 0.1) is 18.0 Å². The minimum atomic E-state index is -0.607. The lowest BCUT2D eigenvalue weighted by Gasteiger charge is -2.17. The molecule has 1 aliphatic heterocycles. The molecule has 1 aromatic carbocycles. The Morgan fingerprint density at radius 3 is 2.69 bits per heavy atom. The van der Waals surface area contributed by atoms with E-state index in [1.54, 1.807) is 42.2 Å². The van der Waals surface area contributed by atoms with Crippen molar-refractivity contribution in [3.8, 4) is 5.69 Å². The molecule has 11 nitrogen and oxygen atoms in total. The first-order valence-electron chi connectivity index (χ1n) is 13.6. The van der Waals surface area contributed by atoms with Crippen molar-refractivity contribution in [2.24, 2.45) is 5.92 Å². The topological polar surface area (TPSA) is 124 Å². The average molecular weight is 574 g/mol. The number of methoxy groups -OCH3 is 1. The third-order valence-corrected chi connectivity index (χ3v) is 7.13. The quantitative estimate of drug-likeness (QED) is 0.255. The van der Waals surface area contributed by atoms with Crippen LogP contribution in [-0.2, 0) is 27.3 Å². The van der Waals surface area contributed by atoms with Crippen LogP contribution in [0.2, 0.25) is 0 Å². The molecule has 0 radical (unpaired) electrons. The smallest absolute Gasteiger partial charge is 0.272 e. The van der Waals surface area contributed by atoms with Gasteiger partial charge in [-0.1, -0.05) is 18.2 Å². The van der Waals surface area contributed by atoms with Crippen molar-refractivity contribution in [1.29, 1.82) is 0 Å². The van der Waals surface area contributed by atoms with E-state index in [0.29, 0.717) is 36.5 Å². The number of ether oxygens (including phenoxy) is 1. The molecular formula is C30H32FN7O4. The molecule has 0 spiro atoms. The van der Waals surface area contributed by atoms with Crippen LogP contribution in [0.25, 0.3) is 5.69 Å². The number of amides is 1. The molecule has 0 unspecified atom stereocenters. The Kier molecular flexibility index (Phi) is 9.37. The number of hydrogen-bond donors (Lipinski definition) is 1. The van der Waals surface area contributed by atoms with Crippen molar-refractivity contribution in [2.75, 3.05) is 26.8 Å². The van der Waals surface area contributed by atoms with E-state index < -0.39 is 12.1 Å². The van der Waals surface area contributed by atoms with Gasteiger partial charge in [0.2, 0.25) is 5.95 Å². The number of carbonyl (C=O) groups is 2. The number of halogens is 1. The van der Waals surface area contributed by atoms with E-state index in [-0.39, 0.29) is 42.7 Å². The zero-order chi connectivity index (χ0) is 29.5. The first-order chi connectivity index (χ1) is 20.4. The zero-order valence-electron chi connectivity index (χ0n) is 23.4. The third-order valence-electron chi connectivity index (χ3n) is 7.13. The van der Waals surface area contributed by atoms with Crippen molar-refractivity contribution >= 4 is 11.7 Å². The molecule has 1 saturated heterocycles. The number of hydroxylamine groups is 2. The Bertz CT molecular complexity index is 1520. The highest BCUT2D eigenvalue weighted by Crippen LogP contribution is 2.36. The number of benzene rings is 1. The summed E-state index contributed by atoms with van der Waals surface area (Å²) in [5.41, 5.74) is 3.58. The molecule has 0 aliphatic carbocycles. The number of ketones is 1. The number of nitrogens with zero attached hydrogens (tertiary/aromatic N) is 6. The average Bonchev–Trinajstić information content (AvgIpc) is 3.56. The van der Waals surface area contributed by atoms with Crippen LogP contribution < -0.4 is 5.32 Å². The lowest BCUT2D eigenvalue weighted by atomic mass is 9.91. The van der Waals surface area contributed by atoms with Gasteiger partial charge in [0, 0.05) is 75.2 Å². The van der Waals surface area contributed by atoms with E-state index in [1.165, 1.54) is 18.6 Å². The summed E-state index contributed by atoms with van der Waals surface area (Å²) in [6.07, 6.45) is 5.81. The molecule has 4 aromatic rings. The van der Waals surface area contributed by atoms with Gasteiger partial charge in [-0.2, -0.15) is 14.6 Å². The van der Waals surface area contributed by atoms with Crippen molar-refractivity contribution in [1.82, 2.24) is 35.1 Å². The number of rotatable bonds is 12. The molecule has 12 heteroatoms. The fourth-order valence-corrected chi connectivity index (χ4v) is 5.06. The molecule has 3 aromatic heterocycles. The highest BCUT2D eigenvalue weighted by Gasteiger charge is 2.37. The van der Waals surface area contributed by atoms with Gasteiger partial charge < -0.3 is 10.1 Å². The molecule has 4 heterocycles. The number of nitrogens with one attached hydrogen (secondary N) is 1. The van der Waals surface area contributed by atoms with Crippen molar-refractivity contribution in [3.63, 3.8) is 0 Å². The number of Topliss-reactive ketones (excluding diaryl/α,β-unsaturated/α-hetero) is 1. The first kappa shape index (κ1) is 29.1. The number of pyridine rings is 1. The summed E-state index contributed by atoms with van der Waals surface area (Å²) >= 11 is 0. The minimum Gasteiger partial charge on any atom is -0.383 e. The Morgan fingerprint density at radius 2 is 1.95 bits per heavy atom. The fraction of sp³-hybridized carbons (Fsp3) is 0.333. The summed E-state index contributed by atoms with van der Waals surface area (Å²) in [6, 6.07) is 12.4. The van der Waals surface area contributed by atoms with Gasteiger partial charge in [0.1, 0.15) is 18.2 Å². The second-order valence-corrected chi connectivity index (χ2v) is 10.1. The highest BCUT2D eigenvalue weighted by molar-refractivity contribution is 5.94. The normalized spacial score (nSPS) is 16.9. The molecule has 1 amide bonds. The zero-order valence-corrected chi connectivity index (χ0v) is 23.4. The molecule has 1 fully saturated rings. The van der Waals surface area contributed by atoms with Gasteiger partial charge in [-0.05, 0) is 36.8 Å². The van der Waals surface area contributed by atoms with Crippen LogP contribution >= 0.6 is 0 Å². The van der Waals surface area contributed by atoms with E-state index in [0.717, 1.165) is 11.3 Å². The summed E-state index contributed by atoms with van der Waals surface area (Å²) in [5, 5.41) is 9.24. The molecule has 1 aliphatic rings. The Hall–Kier alpha value is -4.39. The van der Waals surface area contributed by atoms with Crippen molar-refractivity contribution in [2.45, 2.75) is 32.4 Å². The molecule has 0 saturated carbocycles. The molecule has 5 rings (SSSR count). The van der Waals surface area contributed by atoms with E-state index in [9.17, 15) is 14.0 Å². The number of carbonyl (C=O) groups excluding carboxylic acids is 2. The van der Waals surface area contributed by atoms with Crippen LogP contribution in [0.4, 0.5) is 4.39 Å². The van der Waals surface area contributed by atoms with Gasteiger partial charge in [-0.3, -0.25) is 14.4 Å². The molecule has 0 bridgehead atoms. The molecule has 2 atom stereocenters. The maximum absolute atomic E-state index is 14.0. The lowest BCUT2D eigenvalue weighted by molar-refractivity contribution is -0.155. The maximum Gasteiger partial charge on any atom is 0.272 e. The monoisotopic (exact) mass is 573 g/mol. The molecular weight excluding hydrogens is 541 g/mol. The van der Waals surface area contributed by atoms with E-state index in [1.807, 2.05) is 30.3 Å². The predicted octanol–water partition coefficient (Wildman–Crippen LogP) is 3.19. The van der Waals surface area contributed by atoms with E-state index >= 15 is 0 Å². The lowest BCUT2D eigenvalue weighted by Crippen LogP contribution is -2.24. The summed E-state index contributed by atoms with van der Waals surface area (Å²) in [4.78, 5) is 44.5. The summed E-state index contributed by atoms with van der Waals surface area (Å²) in [6.45, 7) is 3.49. The van der Waals surface area contributed by atoms with Gasteiger partial charge >= 0.3 is 0 Å². The van der Waals surface area contributed by atoms with Crippen molar-refractivity contribution < 1.29 is 23.6 Å². The van der Waals surface area contributed by atoms with Crippen LogP contribution in [0.15, 0.2) is 67.4 Å². The van der Waals surface area contributed by atoms with Crippen molar-refractivity contribution in [3.05, 3.63) is 101 Å². The van der Waals surface area contributed by atoms with Crippen LogP contribution in [0.5, 0.6) is 0 Å². The van der Waals surface area contributed by atoms with Crippen LogP contribution in [0.1, 0.15) is 45.4 Å².